The van der Waals surface area contributed by atoms with Crippen molar-refractivity contribution in [1.29, 1.82) is 0 Å². The van der Waals surface area contributed by atoms with Gasteiger partial charge in [-0.15, -0.1) is 0 Å². The molecule has 282 valence electrons. The second-order valence-electron chi connectivity index (χ2n) is 16.8. The van der Waals surface area contributed by atoms with Crippen LogP contribution in [0.3, 0.4) is 0 Å². The summed E-state index contributed by atoms with van der Waals surface area (Å²) in [6.45, 7) is 29.2. The van der Waals surface area contributed by atoms with Crippen molar-refractivity contribution in [3.8, 4) is 23.7 Å². The molecule has 0 saturated carbocycles. The Balaban J connectivity index is 2.28. The second-order valence-corrected chi connectivity index (χ2v) is 27.7. The molecule has 0 aliphatic heterocycles. The van der Waals surface area contributed by atoms with Gasteiger partial charge in [-0.25, -0.2) is 0 Å². The van der Waals surface area contributed by atoms with Crippen LogP contribution in [0.2, 0.25) is 33.2 Å². The van der Waals surface area contributed by atoms with E-state index in [4.69, 9.17) is 8.85 Å². The van der Waals surface area contributed by atoms with Gasteiger partial charge in [-0.1, -0.05) is 107 Å². The molecule has 3 rings (SSSR count). The van der Waals surface area contributed by atoms with E-state index in [2.05, 4.69) is 205 Å². The Morgan fingerprint density at radius 1 is 0.442 bits per heavy atom. The molecule has 0 atom stereocenters. The number of anilines is 2. The van der Waals surface area contributed by atoms with Crippen molar-refractivity contribution in [2.75, 3.05) is 38.0 Å². The maximum Gasteiger partial charge on any atom is 0.200 e. The Morgan fingerprint density at radius 2 is 0.712 bits per heavy atom. The van der Waals surface area contributed by atoms with Crippen LogP contribution in [0.5, 0.6) is 0 Å². The van der Waals surface area contributed by atoms with Gasteiger partial charge in [0.15, 0.2) is 0 Å². The third kappa shape index (κ3) is 10.0. The molecular formula is C46H68N2O2Si2. The minimum Gasteiger partial charge on any atom is -0.412 e. The molecule has 0 heterocycles. The van der Waals surface area contributed by atoms with E-state index in [1.165, 1.54) is 0 Å². The van der Waals surface area contributed by atoms with Crippen molar-refractivity contribution in [3.05, 3.63) is 94.0 Å². The number of hydrogen-bond acceptors (Lipinski definition) is 4. The molecular weight excluding hydrogens is 669 g/mol. The molecule has 0 radical (unpaired) electrons. The molecule has 3 aromatic carbocycles. The van der Waals surface area contributed by atoms with Crippen LogP contribution >= 0.6 is 0 Å². The van der Waals surface area contributed by atoms with E-state index < -0.39 is 16.6 Å². The van der Waals surface area contributed by atoms with E-state index in [9.17, 15) is 0 Å². The van der Waals surface area contributed by atoms with Gasteiger partial charge in [0.2, 0.25) is 16.6 Å². The molecule has 0 spiro atoms. The van der Waals surface area contributed by atoms with Crippen LogP contribution < -0.4 is 9.80 Å². The van der Waals surface area contributed by atoms with Crippen molar-refractivity contribution in [1.82, 2.24) is 0 Å². The van der Waals surface area contributed by atoms with Gasteiger partial charge in [0, 0.05) is 61.8 Å². The summed E-state index contributed by atoms with van der Waals surface area (Å²) in [4.78, 5) is 4.22. The molecule has 6 heteroatoms. The van der Waals surface area contributed by atoms with Crippen molar-refractivity contribution in [2.24, 2.45) is 0 Å². The van der Waals surface area contributed by atoms with Crippen molar-refractivity contribution >= 4 is 28.0 Å². The Kier molecular flexibility index (Phi) is 15.5. The third-order valence-corrected chi connectivity index (χ3v) is 23.3. The summed E-state index contributed by atoms with van der Waals surface area (Å²) in [5.74, 6) is 14.2. The highest BCUT2D eigenvalue weighted by Gasteiger charge is 2.46. The highest BCUT2D eigenvalue weighted by atomic mass is 28.4. The van der Waals surface area contributed by atoms with Crippen LogP contribution in [0.4, 0.5) is 11.4 Å². The summed E-state index contributed by atoms with van der Waals surface area (Å²) in [5.41, 5.74) is 11.3. The summed E-state index contributed by atoms with van der Waals surface area (Å²) in [5, 5.41) is 0. The molecule has 0 N–H and O–H groups in total. The largest absolute Gasteiger partial charge is 0.412 e. The highest BCUT2D eigenvalue weighted by Crippen LogP contribution is 2.44. The third-order valence-electron chi connectivity index (χ3n) is 11.1. The van der Waals surface area contributed by atoms with E-state index >= 15 is 0 Å². The van der Waals surface area contributed by atoms with Gasteiger partial charge in [0.25, 0.3) is 0 Å². The van der Waals surface area contributed by atoms with Crippen LogP contribution in [-0.4, -0.2) is 44.8 Å². The first-order chi connectivity index (χ1) is 24.4. The average molecular weight is 737 g/mol. The average Bonchev–Trinajstić information content (AvgIpc) is 3.07. The van der Waals surface area contributed by atoms with Gasteiger partial charge < -0.3 is 18.7 Å². The molecule has 0 bridgehead atoms. The standard InChI is InChI=1S/C46H68N2O2Si2/c1-33(2)51(34(3)4,35(5)6)49-31-43-29-42(24-18-40-21-27-46(28-22-40)48(15)16)44(32-50-52(36(7)8,37(9)10)38(11)12)30-41(43)23-17-39-19-25-45(26-20-39)47(13)14/h19-22,25-30,33-38H,31-32H2,1-16H3. The monoisotopic (exact) mass is 736 g/mol. The topological polar surface area (TPSA) is 24.9 Å². The summed E-state index contributed by atoms with van der Waals surface area (Å²) in [6, 6.07) is 21.4. The Morgan fingerprint density at radius 3 is 0.942 bits per heavy atom. The molecule has 0 saturated heterocycles. The van der Waals surface area contributed by atoms with Gasteiger partial charge in [-0.3, -0.25) is 0 Å². The fourth-order valence-corrected chi connectivity index (χ4v) is 19.3. The summed E-state index contributed by atoms with van der Waals surface area (Å²) in [6.07, 6.45) is 0. The summed E-state index contributed by atoms with van der Waals surface area (Å²) in [7, 11) is 3.95. The predicted octanol–water partition coefficient (Wildman–Crippen LogP) is 12.0. The first-order valence-corrected chi connectivity index (χ1v) is 23.7. The van der Waals surface area contributed by atoms with Crippen LogP contribution in [0.1, 0.15) is 116 Å². The Hall–Kier alpha value is -3.27. The summed E-state index contributed by atoms with van der Waals surface area (Å²) >= 11 is 0. The lowest BCUT2D eigenvalue weighted by Crippen LogP contribution is -2.47. The molecule has 0 fully saturated rings. The minimum absolute atomic E-state index is 0.482. The molecule has 0 unspecified atom stereocenters. The SMILES string of the molecule is CC(C)[Si](OCc1cc(C#Cc2ccc(N(C)C)cc2)c(CO[Si](C(C)C)(C(C)C)C(C)C)cc1C#Cc1ccc(N(C)C)cc1)(C(C)C)C(C)C. The fraction of sp³-hybridized carbons (Fsp3) is 0.522. The molecule has 4 nitrogen and oxygen atoms in total. The number of benzene rings is 3. The van der Waals surface area contributed by atoms with E-state index in [1.807, 2.05) is 0 Å². The van der Waals surface area contributed by atoms with Crippen LogP contribution in [0, 0.1) is 23.7 Å². The zero-order chi connectivity index (χ0) is 39.0. The number of nitrogens with zero attached hydrogens (tertiary/aromatic N) is 2. The Bertz CT molecular complexity index is 1540. The molecule has 0 aliphatic rings. The molecule has 0 amide bonds. The normalized spacial score (nSPS) is 12.1. The van der Waals surface area contributed by atoms with E-state index in [-0.39, 0.29) is 0 Å². The van der Waals surface area contributed by atoms with Crippen LogP contribution in [0.25, 0.3) is 0 Å². The quantitative estimate of drug-likeness (QED) is 0.122. The molecule has 0 aliphatic carbocycles. The first-order valence-electron chi connectivity index (χ1n) is 19.4. The maximum absolute atomic E-state index is 7.23. The van der Waals surface area contributed by atoms with Crippen LogP contribution in [-0.2, 0) is 22.1 Å². The van der Waals surface area contributed by atoms with Crippen molar-refractivity contribution < 1.29 is 8.85 Å². The minimum atomic E-state index is -2.14. The lowest BCUT2D eigenvalue weighted by molar-refractivity contribution is 0.262. The second kappa shape index (κ2) is 18.7. The van der Waals surface area contributed by atoms with Crippen molar-refractivity contribution in [2.45, 2.75) is 130 Å². The summed E-state index contributed by atoms with van der Waals surface area (Å²) < 4.78 is 14.5. The lowest BCUT2D eigenvalue weighted by atomic mass is 9.98. The predicted molar refractivity (Wildman–Crippen MR) is 232 cm³/mol. The van der Waals surface area contributed by atoms with Gasteiger partial charge in [-0.2, -0.15) is 0 Å². The van der Waals surface area contributed by atoms with Crippen LogP contribution in [0.15, 0.2) is 60.7 Å². The maximum atomic E-state index is 7.23. The smallest absolute Gasteiger partial charge is 0.200 e. The molecule has 52 heavy (non-hydrogen) atoms. The van der Waals surface area contributed by atoms with Gasteiger partial charge in [0.05, 0.1) is 13.2 Å². The van der Waals surface area contributed by atoms with Gasteiger partial charge >= 0.3 is 0 Å². The van der Waals surface area contributed by atoms with Gasteiger partial charge in [-0.05, 0) is 105 Å². The van der Waals surface area contributed by atoms with E-state index in [0.29, 0.717) is 46.5 Å². The number of hydrogen-bond donors (Lipinski definition) is 0. The lowest BCUT2D eigenvalue weighted by Gasteiger charge is -2.42. The van der Waals surface area contributed by atoms with Gasteiger partial charge in [0.1, 0.15) is 0 Å². The fourth-order valence-electron chi connectivity index (χ4n) is 8.53. The highest BCUT2D eigenvalue weighted by molar-refractivity contribution is 6.78. The first kappa shape index (κ1) is 43.1. The van der Waals surface area contributed by atoms with E-state index in [0.717, 1.165) is 44.8 Å². The van der Waals surface area contributed by atoms with Crippen molar-refractivity contribution in [3.63, 3.8) is 0 Å². The number of rotatable bonds is 14. The zero-order valence-electron chi connectivity index (χ0n) is 35.4. The zero-order valence-corrected chi connectivity index (χ0v) is 37.4. The van der Waals surface area contributed by atoms with E-state index in [1.54, 1.807) is 0 Å². The molecule has 3 aromatic rings. The molecule has 0 aromatic heterocycles. The Labute approximate surface area is 321 Å².